The van der Waals surface area contributed by atoms with Crippen molar-refractivity contribution in [3.8, 4) is 0 Å². The van der Waals surface area contributed by atoms with Gasteiger partial charge in [0, 0.05) is 23.3 Å². The normalized spacial score (nSPS) is 17.7. The minimum atomic E-state index is -0.785. The van der Waals surface area contributed by atoms with E-state index in [-0.39, 0.29) is 11.2 Å². The Labute approximate surface area is 131 Å². The minimum Gasteiger partial charge on any atom is -0.481 e. The number of hydrogen-bond donors (Lipinski definition) is 1. The zero-order valence-corrected chi connectivity index (χ0v) is 14.1. The van der Waals surface area contributed by atoms with Crippen LogP contribution in [0.25, 0.3) is 0 Å². The van der Waals surface area contributed by atoms with Gasteiger partial charge in [-0.05, 0) is 12.8 Å². The molecule has 1 N–H and O–H groups in total. The quantitative estimate of drug-likeness (QED) is 0.667. The first-order chi connectivity index (χ1) is 9.89. The second kappa shape index (κ2) is 6.86. The molecule has 0 unspecified atom stereocenters. The molecule has 0 atom stereocenters. The number of imidazole rings is 1. The van der Waals surface area contributed by atoms with Gasteiger partial charge in [-0.15, -0.1) is 0 Å². The molecular weight excluding hydrogens is 284 g/mol. The van der Waals surface area contributed by atoms with Crippen LogP contribution in [-0.4, -0.2) is 26.4 Å². The molecule has 0 amide bonds. The van der Waals surface area contributed by atoms with Gasteiger partial charge in [0.1, 0.15) is 0 Å². The van der Waals surface area contributed by atoms with Crippen molar-refractivity contribution < 1.29 is 9.90 Å². The van der Waals surface area contributed by atoms with Gasteiger partial charge in [0.05, 0.1) is 5.75 Å². The Morgan fingerprint density at radius 3 is 2.48 bits per heavy atom. The molecule has 1 aliphatic carbocycles. The van der Waals surface area contributed by atoms with Crippen molar-refractivity contribution in [1.82, 2.24) is 9.55 Å². The van der Waals surface area contributed by atoms with Crippen LogP contribution >= 0.6 is 11.8 Å². The fourth-order valence-corrected chi connectivity index (χ4v) is 3.77. The number of carboxylic acid groups (broad SMARTS) is 1. The average molecular weight is 310 g/mol. The number of aliphatic carboxylic acids is 1. The third kappa shape index (κ3) is 4.25. The minimum absolute atomic E-state index is 0.0291. The molecule has 1 aromatic heterocycles. The fraction of sp³-hybridized carbons (Fsp3) is 0.750. The molecule has 0 aromatic carbocycles. The van der Waals surface area contributed by atoms with Crippen molar-refractivity contribution in [2.24, 2.45) is 0 Å². The first-order valence-electron chi connectivity index (χ1n) is 7.82. The number of carboxylic acids is 1. The zero-order valence-electron chi connectivity index (χ0n) is 13.3. The Balaban J connectivity index is 2.32. The van der Waals surface area contributed by atoms with Crippen LogP contribution < -0.4 is 0 Å². The summed E-state index contributed by atoms with van der Waals surface area (Å²) in [4.78, 5) is 15.4. The summed E-state index contributed by atoms with van der Waals surface area (Å²) in [6.07, 6.45) is 9.45. The molecule has 21 heavy (non-hydrogen) atoms. The molecular formula is C16H26N2O2S. The van der Waals surface area contributed by atoms with Crippen molar-refractivity contribution in [3.63, 3.8) is 0 Å². The Morgan fingerprint density at radius 1 is 1.33 bits per heavy atom. The van der Waals surface area contributed by atoms with Crippen LogP contribution in [-0.2, 0) is 10.2 Å². The lowest BCUT2D eigenvalue weighted by Gasteiger charge is -2.27. The third-order valence-corrected chi connectivity index (χ3v) is 5.00. The van der Waals surface area contributed by atoms with E-state index in [0.717, 1.165) is 5.16 Å². The van der Waals surface area contributed by atoms with Crippen molar-refractivity contribution in [1.29, 1.82) is 0 Å². The average Bonchev–Trinajstić information content (AvgIpc) is 2.64. The van der Waals surface area contributed by atoms with E-state index in [1.54, 1.807) is 0 Å². The van der Waals surface area contributed by atoms with Crippen molar-refractivity contribution in [3.05, 3.63) is 11.9 Å². The summed E-state index contributed by atoms with van der Waals surface area (Å²) in [5.74, 6) is -0.708. The zero-order chi connectivity index (χ0) is 15.5. The van der Waals surface area contributed by atoms with Crippen LogP contribution in [0.15, 0.2) is 11.4 Å². The number of hydrogen-bond acceptors (Lipinski definition) is 3. The standard InChI is InChI=1S/C16H26N2O2S/c1-16(2,3)13-10-17-15(21-11-14(19)20)18(13)12-8-6-4-5-7-9-12/h10,12H,4-9,11H2,1-3H3,(H,19,20). The Morgan fingerprint density at radius 2 is 1.95 bits per heavy atom. The van der Waals surface area contributed by atoms with Gasteiger partial charge in [-0.25, -0.2) is 4.98 Å². The van der Waals surface area contributed by atoms with E-state index in [9.17, 15) is 4.79 Å². The van der Waals surface area contributed by atoms with Crippen LogP contribution in [0.3, 0.4) is 0 Å². The molecule has 2 rings (SSSR count). The fourth-order valence-electron chi connectivity index (χ4n) is 3.00. The highest BCUT2D eigenvalue weighted by molar-refractivity contribution is 7.99. The lowest BCUT2D eigenvalue weighted by molar-refractivity contribution is -0.133. The van der Waals surface area contributed by atoms with Gasteiger partial charge in [0.25, 0.3) is 0 Å². The third-order valence-electron chi connectivity index (χ3n) is 4.05. The van der Waals surface area contributed by atoms with Crippen LogP contribution in [0.5, 0.6) is 0 Å². The van der Waals surface area contributed by atoms with Gasteiger partial charge in [0.2, 0.25) is 0 Å². The predicted octanol–water partition coefficient (Wildman–Crippen LogP) is 4.25. The van der Waals surface area contributed by atoms with Gasteiger partial charge >= 0.3 is 5.97 Å². The van der Waals surface area contributed by atoms with E-state index >= 15 is 0 Å². The van der Waals surface area contributed by atoms with Crippen LogP contribution in [0.1, 0.15) is 71.0 Å². The number of thioether (sulfide) groups is 1. The molecule has 0 spiro atoms. The van der Waals surface area contributed by atoms with Gasteiger partial charge in [0.15, 0.2) is 5.16 Å². The van der Waals surface area contributed by atoms with E-state index in [4.69, 9.17) is 5.11 Å². The SMILES string of the molecule is CC(C)(C)c1cnc(SCC(=O)O)n1C1CCCCCC1. The number of rotatable bonds is 4. The maximum atomic E-state index is 10.9. The highest BCUT2D eigenvalue weighted by Crippen LogP contribution is 2.36. The van der Waals surface area contributed by atoms with Crippen LogP contribution in [0, 0.1) is 0 Å². The lowest BCUT2D eigenvalue weighted by atomic mass is 9.92. The van der Waals surface area contributed by atoms with Crippen molar-refractivity contribution in [2.45, 2.75) is 75.9 Å². The molecule has 1 aromatic rings. The van der Waals surface area contributed by atoms with Crippen molar-refractivity contribution in [2.75, 3.05) is 5.75 Å². The Hall–Kier alpha value is -0.970. The first kappa shape index (κ1) is 16.4. The highest BCUT2D eigenvalue weighted by atomic mass is 32.2. The summed E-state index contributed by atoms with van der Waals surface area (Å²) in [6, 6.07) is 0.473. The molecule has 4 nitrogen and oxygen atoms in total. The van der Waals surface area contributed by atoms with E-state index < -0.39 is 5.97 Å². The predicted molar refractivity (Wildman–Crippen MR) is 86.0 cm³/mol. The second-order valence-electron chi connectivity index (χ2n) is 6.87. The summed E-state index contributed by atoms with van der Waals surface area (Å²) in [7, 11) is 0. The molecule has 0 radical (unpaired) electrons. The molecule has 0 saturated heterocycles. The molecule has 1 saturated carbocycles. The summed E-state index contributed by atoms with van der Waals surface area (Å²) < 4.78 is 2.33. The molecule has 118 valence electrons. The van der Waals surface area contributed by atoms with Gasteiger partial charge < -0.3 is 9.67 Å². The van der Waals surface area contributed by atoms with E-state index in [1.807, 2.05) is 6.20 Å². The number of aromatic nitrogens is 2. The molecule has 0 bridgehead atoms. The topological polar surface area (TPSA) is 55.1 Å². The van der Waals surface area contributed by atoms with E-state index in [2.05, 4.69) is 30.3 Å². The maximum Gasteiger partial charge on any atom is 0.313 e. The summed E-state index contributed by atoms with van der Waals surface area (Å²) >= 11 is 1.34. The van der Waals surface area contributed by atoms with Crippen LogP contribution in [0.4, 0.5) is 0 Å². The first-order valence-corrected chi connectivity index (χ1v) is 8.80. The van der Waals surface area contributed by atoms with Crippen LogP contribution in [0.2, 0.25) is 0 Å². The molecule has 0 aliphatic heterocycles. The number of carbonyl (C=O) groups is 1. The van der Waals surface area contributed by atoms with E-state index in [0.29, 0.717) is 6.04 Å². The second-order valence-corrected chi connectivity index (χ2v) is 7.82. The summed E-state index contributed by atoms with van der Waals surface area (Å²) in [6.45, 7) is 6.59. The Bertz CT molecular complexity index is 483. The molecule has 1 fully saturated rings. The monoisotopic (exact) mass is 310 g/mol. The maximum absolute atomic E-state index is 10.9. The number of nitrogens with zero attached hydrogens (tertiary/aromatic N) is 2. The van der Waals surface area contributed by atoms with Gasteiger partial charge in [-0.1, -0.05) is 58.2 Å². The molecule has 1 heterocycles. The largest absolute Gasteiger partial charge is 0.481 e. The van der Waals surface area contributed by atoms with E-state index in [1.165, 1.54) is 56.0 Å². The lowest BCUT2D eigenvalue weighted by Crippen LogP contribution is -2.21. The summed E-state index contributed by atoms with van der Waals surface area (Å²) in [5.41, 5.74) is 1.25. The molecule has 5 heteroatoms. The van der Waals surface area contributed by atoms with Gasteiger partial charge in [-0.3, -0.25) is 4.79 Å². The van der Waals surface area contributed by atoms with Crippen molar-refractivity contribution >= 4 is 17.7 Å². The molecule has 1 aliphatic rings. The van der Waals surface area contributed by atoms with Gasteiger partial charge in [-0.2, -0.15) is 0 Å². The Kier molecular flexibility index (Phi) is 5.36. The smallest absolute Gasteiger partial charge is 0.313 e. The highest BCUT2D eigenvalue weighted by Gasteiger charge is 2.27. The summed E-state index contributed by atoms with van der Waals surface area (Å²) in [5, 5.41) is 9.80.